The fourth-order valence-electron chi connectivity index (χ4n) is 2.62. The zero-order valence-corrected chi connectivity index (χ0v) is 13.4. The largest absolute Gasteiger partial charge is 0.249 e. The third kappa shape index (κ3) is 2.77. The van der Waals surface area contributed by atoms with Crippen molar-refractivity contribution in [2.75, 3.05) is 0 Å². The molecule has 2 heterocycles. The molecule has 0 fully saturated rings. The second-order valence-corrected chi connectivity index (χ2v) is 5.66. The average molecular weight is 296 g/mol. The van der Waals surface area contributed by atoms with E-state index in [1.165, 1.54) is 5.56 Å². The van der Waals surface area contributed by atoms with Crippen molar-refractivity contribution in [1.82, 2.24) is 29.5 Å². The van der Waals surface area contributed by atoms with Gasteiger partial charge in [0.15, 0.2) is 0 Å². The van der Waals surface area contributed by atoms with Gasteiger partial charge in [-0.15, -0.1) is 0 Å². The Morgan fingerprint density at radius 1 is 1.18 bits per heavy atom. The Kier molecular flexibility index (Phi) is 3.75. The molecule has 0 saturated carbocycles. The first-order valence-corrected chi connectivity index (χ1v) is 7.39. The summed E-state index contributed by atoms with van der Waals surface area (Å²) in [7, 11) is 0. The standard InChI is InChI=1S/C16H20N6/c1-11-6-5-7-15(8-11)22-16(17-10-18-22)12(2)9-21-14(4)19-13(3)20-21/h5-8,10,12H,9H2,1-4H3/t12-/m0/s1. The normalized spacial score (nSPS) is 12.5. The molecular weight excluding hydrogens is 276 g/mol. The van der Waals surface area contributed by atoms with Crippen LogP contribution in [0.25, 0.3) is 5.69 Å². The van der Waals surface area contributed by atoms with Gasteiger partial charge in [-0.25, -0.2) is 19.3 Å². The molecule has 0 unspecified atom stereocenters. The van der Waals surface area contributed by atoms with Crippen LogP contribution in [0, 0.1) is 20.8 Å². The van der Waals surface area contributed by atoms with Crippen LogP contribution in [0.4, 0.5) is 0 Å². The lowest BCUT2D eigenvalue weighted by Crippen LogP contribution is -2.14. The van der Waals surface area contributed by atoms with Gasteiger partial charge in [0.25, 0.3) is 0 Å². The maximum absolute atomic E-state index is 4.45. The van der Waals surface area contributed by atoms with E-state index in [0.29, 0.717) is 0 Å². The minimum absolute atomic E-state index is 0.183. The van der Waals surface area contributed by atoms with Crippen LogP contribution in [0.3, 0.4) is 0 Å². The van der Waals surface area contributed by atoms with Gasteiger partial charge in [0.05, 0.1) is 12.2 Å². The topological polar surface area (TPSA) is 61.4 Å². The van der Waals surface area contributed by atoms with E-state index in [-0.39, 0.29) is 5.92 Å². The first kappa shape index (κ1) is 14.4. The van der Waals surface area contributed by atoms with Crippen molar-refractivity contribution in [3.05, 3.63) is 53.6 Å². The van der Waals surface area contributed by atoms with Crippen LogP contribution in [-0.4, -0.2) is 29.5 Å². The molecule has 3 rings (SSSR count). The summed E-state index contributed by atoms with van der Waals surface area (Å²) >= 11 is 0. The number of benzene rings is 1. The smallest absolute Gasteiger partial charge is 0.147 e. The highest BCUT2D eigenvalue weighted by atomic mass is 15.4. The molecule has 0 aliphatic heterocycles. The summed E-state index contributed by atoms with van der Waals surface area (Å²) in [5.74, 6) is 2.83. The Balaban J connectivity index is 1.89. The monoisotopic (exact) mass is 296 g/mol. The van der Waals surface area contributed by atoms with Gasteiger partial charge in [0.1, 0.15) is 23.8 Å². The van der Waals surface area contributed by atoms with E-state index >= 15 is 0 Å². The van der Waals surface area contributed by atoms with Gasteiger partial charge in [0, 0.05) is 5.92 Å². The van der Waals surface area contributed by atoms with Gasteiger partial charge in [-0.3, -0.25) is 0 Å². The average Bonchev–Trinajstić information content (AvgIpc) is 3.06. The van der Waals surface area contributed by atoms with Crippen molar-refractivity contribution < 1.29 is 0 Å². The Bertz CT molecular complexity index is 786. The number of nitrogens with zero attached hydrogens (tertiary/aromatic N) is 6. The van der Waals surface area contributed by atoms with Crippen molar-refractivity contribution in [2.45, 2.75) is 40.2 Å². The molecule has 2 aromatic heterocycles. The molecule has 0 N–H and O–H groups in total. The molecule has 6 nitrogen and oxygen atoms in total. The Hall–Kier alpha value is -2.50. The zero-order valence-electron chi connectivity index (χ0n) is 13.4. The summed E-state index contributed by atoms with van der Waals surface area (Å²) in [6.07, 6.45) is 1.60. The van der Waals surface area contributed by atoms with Crippen LogP contribution in [0.1, 0.15) is 35.9 Å². The van der Waals surface area contributed by atoms with Gasteiger partial charge in [-0.1, -0.05) is 19.1 Å². The van der Waals surface area contributed by atoms with Gasteiger partial charge < -0.3 is 0 Å². The van der Waals surface area contributed by atoms with Crippen molar-refractivity contribution >= 4 is 0 Å². The third-order valence-corrected chi connectivity index (χ3v) is 3.67. The highest BCUT2D eigenvalue weighted by molar-refractivity contribution is 5.35. The number of rotatable bonds is 4. The third-order valence-electron chi connectivity index (χ3n) is 3.67. The van der Waals surface area contributed by atoms with Crippen molar-refractivity contribution in [3.63, 3.8) is 0 Å². The molecule has 0 aliphatic carbocycles. The predicted molar refractivity (Wildman–Crippen MR) is 84.0 cm³/mol. The summed E-state index contributed by atoms with van der Waals surface area (Å²) < 4.78 is 3.83. The van der Waals surface area contributed by atoms with E-state index in [2.05, 4.69) is 46.1 Å². The van der Waals surface area contributed by atoms with E-state index in [9.17, 15) is 0 Å². The summed E-state index contributed by atoms with van der Waals surface area (Å²) in [5.41, 5.74) is 2.24. The Labute approximate surface area is 129 Å². The molecule has 0 radical (unpaired) electrons. The summed E-state index contributed by atoms with van der Waals surface area (Å²) in [5, 5.41) is 8.80. The first-order valence-electron chi connectivity index (χ1n) is 7.39. The second-order valence-electron chi connectivity index (χ2n) is 5.66. The molecule has 0 aliphatic rings. The van der Waals surface area contributed by atoms with Crippen LogP contribution in [-0.2, 0) is 6.54 Å². The SMILES string of the molecule is Cc1cccc(-n2ncnc2[C@@H](C)Cn2nc(C)nc2C)c1. The molecule has 3 aromatic rings. The Morgan fingerprint density at radius 2 is 2.00 bits per heavy atom. The van der Waals surface area contributed by atoms with E-state index in [1.807, 2.05) is 35.3 Å². The second kappa shape index (κ2) is 5.71. The predicted octanol–water partition coefficient (Wildman–Crippen LogP) is 2.59. The zero-order chi connectivity index (χ0) is 15.7. The number of aromatic nitrogens is 6. The van der Waals surface area contributed by atoms with E-state index < -0.39 is 0 Å². The Morgan fingerprint density at radius 3 is 2.68 bits per heavy atom. The lowest BCUT2D eigenvalue weighted by Gasteiger charge is -2.13. The van der Waals surface area contributed by atoms with Gasteiger partial charge in [-0.2, -0.15) is 10.2 Å². The number of hydrogen-bond donors (Lipinski definition) is 0. The highest BCUT2D eigenvalue weighted by Crippen LogP contribution is 2.19. The van der Waals surface area contributed by atoms with Crippen molar-refractivity contribution in [3.8, 4) is 5.69 Å². The van der Waals surface area contributed by atoms with E-state index in [0.717, 1.165) is 29.7 Å². The minimum atomic E-state index is 0.183. The number of hydrogen-bond acceptors (Lipinski definition) is 4. The molecule has 1 atom stereocenters. The molecule has 0 bridgehead atoms. The molecule has 0 amide bonds. The highest BCUT2D eigenvalue weighted by Gasteiger charge is 2.17. The summed E-state index contributed by atoms with van der Waals surface area (Å²) in [4.78, 5) is 8.79. The van der Waals surface area contributed by atoms with Crippen LogP contribution < -0.4 is 0 Å². The van der Waals surface area contributed by atoms with E-state index in [4.69, 9.17) is 0 Å². The van der Waals surface area contributed by atoms with Crippen LogP contribution in [0.2, 0.25) is 0 Å². The summed E-state index contributed by atoms with van der Waals surface area (Å²) in [6.45, 7) is 8.82. The quantitative estimate of drug-likeness (QED) is 0.742. The lowest BCUT2D eigenvalue weighted by atomic mass is 10.1. The first-order chi connectivity index (χ1) is 10.5. The molecule has 0 saturated heterocycles. The van der Waals surface area contributed by atoms with Crippen molar-refractivity contribution in [2.24, 2.45) is 0 Å². The van der Waals surface area contributed by atoms with Gasteiger partial charge in [-0.05, 0) is 38.5 Å². The molecule has 1 aromatic carbocycles. The molecular formula is C16H20N6. The van der Waals surface area contributed by atoms with Crippen LogP contribution >= 0.6 is 0 Å². The van der Waals surface area contributed by atoms with Crippen molar-refractivity contribution in [1.29, 1.82) is 0 Å². The lowest BCUT2D eigenvalue weighted by molar-refractivity contribution is 0.502. The fraction of sp³-hybridized carbons (Fsp3) is 0.375. The van der Waals surface area contributed by atoms with Gasteiger partial charge in [0.2, 0.25) is 0 Å². The maximum Gasteiger partial charge on any atom is 0.147 e. The van der Waals surface area contributed by atoms with E-state index in [1.54, 1.807) is 6.33 Å². The molecule has 114 valence electrons. The van der Waals surface area contributed by atoms with Gasteiger partial charge >= 0.3 is 0 Å². The fourth-order valence-corrected chi connectivity index (χ4v) is 2.62. The summed E-state index contributed by atoms with van der Waals surface area (Å²) in [6, 6.07) is 8.26. The molecule has 6 heteroatoms. The molecule has 0 spiro atoms. The van der Waals surface area contributed by atoms with Crippen LogP contribution in [0.5, 0.6) is 0 Å². The molecule has 22 heavy (non-hydrogen) atoms. The number of aryl methyl sites for hydroxylation is 3. The minimum Gasteiger partial charge on any atom is -0.249 e. The maximum atomic E-state index is 4.45. The van der Waals surface area contributed by atoms with Crippen LogP contribution in [0.15, 0.2) is 30.6 Å².